The van der Waals surface area contributed by atoms with Crippen molar-refractivity contribution in [2.24, 2.45) is 0 Å². The normalized spacial score (nSPS) is 17.9. The number of nitrogens with one attached hydrogen (secondary N) is 1. The average molecular weight is 337 g/mol. The number of imidazole rings is 1. The van der Waals surface area contributed by atoms with Gasteiger partial charge >= 0.3 is 0 Å². The Bertz CT molecular complexity index is 845. The smallest absolute Gasteiger partial charge is 0.156 e. The summed E-state index contributed by atoms with van der Waals surface area (Å²) in [5.74, 6) is 1.31. The Morgan fingerprint density at radius 2 is 2.08 bits per heavy atom. The predicted molar refractivity (Wildman–Crippen MR) is 93.1 cm³/mol. The maximum atomic E-state index is 13.1. The van der Waals surface area contributed by atoms with Gasteiger partial charge in [-0.1, -0.05) is 12.1 Å². The zero-order chi connectivity index (χ0) is 17.2. The highest BCUT2D eigenvalue weighted by atomic mass is 19.1. The van der Waals surface area contributed by atoms with Gasteiger partial charge in [0.2, 0.25) is 0 Å². The van der Waals surface area contributed by atoms with Crippen molar-refractivity contribution in [3.05, 3.63) is 65.6 Å². The first-order valence-electron chi connectivity index (χ1n) is 8.53. The Balaban J connectivity index is 1.60. The standard InChI is InChI=1S/C19H20FN5/c1-13-23-16(11-17(24-13)19-21-8-9-22-19)18-3-2-10-25(18)12-14-4-6-15(20)7-5-14/h4-9,11,18H,2-3,10,12H2,1H3,(H,21,22)/t18-/m1/s1. The maximum Gasteiger partial charge on any atom is 0.156 e. The van der Waals surface area contributed by atoms with Crippen LogP contribution in [-0.4, -0.2) is 31.4 Å². The number of benzene rings is 1. The van der Waals surface area contributed by atoms with E-state index in [9.17, 15) is 4.39 Å². The zero-order valence-electron chi connectivity index (χ0n) is 14.1. The molecule has 5 nitrogen and oxygen atoms in total. The number of hydrogen-bond acceptors (Lipinski definition) is 4. The monoisotopic (exact) mass is 337 g/mol. The van der Waals surface area contributed by atoms with E-state index in [-0.39, 0.29) is 11.9 Å². The van der Waals surface area contributed by atoms with Gasteiger partial charge < -0.3 is 4.98 Å². The van der Waals surface area contributed by atoms with Gasteiger partial charge in [-0.15, -0.1) is 0 Å². The highest BCUT2D eigenvalue weighted by Gasteiger charge is 2.28. The highest BCUT2D eigenvalue weighted by molar-refractivity contribution is 5.49. The molecule has 1 N–H and O–H groups in total. The van der Waals surface area contributed by atoms with E-state index >= 15 is 0 Å². The second kappa shape index (κ2) is 6.72. The molecule has 3 aromatic rings. The largest absolute Gasteiger partial charge is 0.343 e. The number of rotatable bonds is 4. The van der Waals surface area contributed by atoms with E-state index in [0.717, 1.165) is 54.5 Å². The molecule has 128 valence electrons. The van der Waals surface area contributed by atoms with E-state index in [1.165, 1.54) is 12.1 Å². The van der Waals surface area contributed by atoms with E-state index in [1.54, 1.807) is 12.4 Å². The Kier molecular flexibility index (Phi) is 4.28. The van der Waals surface area contributed by atoms with Gasteiger partial charge in [-0.05, 0) is 50.1 Å². The summed E-state index contributed by atoms with van der Waals surface area (Å²) in [6.45, 7) is 3.72. The lowest BCUT2D eigenvalue weighted by molar-refractivity contribution is 0.244. The molecule has 1 saturated heterocycles. The fourth-order valence-corrected chi connectivity index (χ4v) is 3.46. The Morgan fingerprint density at radius 1 is 1.24 bits per heavy atom. The average Bonchev–Trinajstić information content (AvgIpc) is 3.28. The van der Waals surface area contributed by atoms with Crippen molar-refractivity contribution < 1.29 is 4.39 Å². The lowest BCUT2D eigenvalue weighted by Gasteiger charge is -2.24. The molecule has 0 radical (unpaired) electrons. The number of nitrogens with zero attached hydrogens (tertiary/aromatic N) is 4. The minimum atomic E-state index is -0.198. The number of aromatic nitrogens is 4. The second-order valence-electron chi connectivity index (χ2n) is 6.42. The van der Waals surface area contributed by atoms with Crippen molar-refractivity contribution in [1.29, 1.82) is 0 Å². The van der Waals surface area contributed by atoms with E-state index in [1.807, 2.05) is 25.1 Å². The maximum absolute atomic E-state index is 13.1. The molecule has 0 spiro atoms. The lowest BCUT2D eigenvalue weighted by atomic mass is 10.1. The van der Waals surface area contributed by atoms with Gasteiger partial charge in [-0.3, -0.25) is 4.90 Å². The van der Waals surface area contributed by atoms with Gasteiger partial charge in [0.05, 0.1) is 11.7 Å². The third-order valence-electron chi connectivity index (χ3n) is 4.60. The van der Waals surface area contributed by atoms with E-state index in [4.69, 9.17) is 0 Å². The molecule has 2 aromatic heterocycles. The van der Waals surface area contributed by atoms with Crippen LogP contribution in [-0.2, 0) is 6.54 Å². The molecule has 0 unspecified atom stereocenters. The summed E-state index contributed by atoms with van der Waals surface area (Å²) in [5, 5.41) is 0. The number of aromatic amines is 1. The van der Waals surface area contributed by atoms with Gasteiger partial charge in [0.1, 0.15) is 17.3 Å². The van der Waals surface area contributed by atoms with Crippen LogP contribution in [0.2, 0.25) is 0 Å². The molecule has 1 aliphatic rings. The van der Waals surface area contributed by atoms with Crippen LogP contribution in [0, 0.1) is 12.7 Å². The lowest BCUT2D eigenvalue weighted by Crippen LogP contribution is -2.24. The summed E-state index contributed by atoms with van der Waals surface area (Å²) in [4.78, 5) is 19.0. The number of likely N-dealkylation sites (tertiary alicyclic amines) is 1. The Labute approximate surface area is 146 Å². The molecule has 25 heavy (non-hydrogen) atoms. The minimum absolute atomic E-state index is 0.198. The van der Waals surface area contributed by atoms with Crippen molar-refractivity contribution >= 4 is 0 Å². The molecule has 1 atom stereocenters. The van der Waals surface area contributed by atoms with Crippen molar-refractivity contribution in [2.75, 3.05) is 6.54 Å². The van der Waals surface area contributed by atoms with Gasteiger partial charge in [0.25, 0.3) is 0 Å². The van der Waals surface area contributed by atoms with Crippen molar-refractivity contribution in [3.8, 4) is 11.5 Å². The topological polar surface area (TPSA) is 57.7 Å². The first-order valence-corrected chi connectivity index (χ1v) is 8.53. The molecule has 4 rings (SSSR count). The van der Waals surface area contributed by atoms with Crippen LogP contribution in [0.1, 0.15) is 36.0 Å². The second-order valence-corrected chi connectivity index (χ2v) is 6.42. The van der Waals surface area contributed by atoms with Gasteiger partial charge in [0, 0.05) is 18.9 Å². The Hall–Kier alpha value is -2.60. The molecule has 0 bridgehead atoms. The highest BCUT2D eigenvalue weighted by Crippen LogP contribution is 2.33. The number of aryl methyl sites for hydroxylation is 1. The van der Waals surface area contributed by atoms with Crippen molar-refractivity contribution in [3.63, 3.8) is 0 Å². The molecule has 1 aromatic carbocycles. The number of hydrogen-bond donors (Lipinski definition) is 1. The quantitative estimate of drug-likeness (QED) is 0.789. The summed E-state index contributed by atoms with van der Waals surface area (Å²) in [6.07, 6.45) is 5.71. The summed E-state index contributed by atoms with van der Waals surface area (Å²) in [7, 11) is 0. The molecule has 6 heteroatoms. The van der Waals surface area contributed by atoms with Gasteiger partial charge in [-0.25, -0.2) is 19.3 Å². The third kappa shape index (κ3) is 3.44. The van der Waals surface area contributed by atoms with E-state index in [0.29, 0.717) is 0 Å². The molecular formula is C19H20FN5. The van der Waals surface area contributed by atoms with E-state index < -0.39 is 0 Å². The van der Waals surface area contributed by atoms with E-state index in [2.05, 4.69) is 24.8 Å². The fraction of sp³-hybridized carbons (Fsp3) is 0.316. The van der Waals surface area contributed by atoms with Crippen LogP contribution in [0.5, 0.6) is 0 Å². The molecule has 0 amide bonds. The molecule has 1 fully saturated rings. The zero-order valence-corrected chi connectivity index (χ0v) is 14.1. The van der Waals surface area contributed by atoms with Crippen LogP contribution in [0.15, 0.2) is 42.7 Å². The summed E-state index contributed by atoms with van der Waals surface area (Å²) in [5.41, 5.74) is 2.96. The molecule has 0 saturated carbocycles. The van der Waals surface area contributed by atoms with Crippen LogP contribution in [0.3, 0.4) is 0 Å². The summed E-state index contributed by atoms with van der Waals surface area (Å²) < 4.78 is 13.1. The van der Waals surface area contributed by atoms with Crippen molar-refractivity contribution in [2.45, 2.75) is 32.4 Å². The summed E-state index contributed by atoms with van der Waals surface area (Å²) in [6, 6.07) is 9.02. The number of halogens is 1. The molecule has 1 aliphatic heterocycles. The Morgan fingerprint density at radius 3 is 2.84 bits per heavy atom. The fourth-order valence-electron chi connectivity index (χ4n) is 3.46. The number of H-pyrrole nitrogens is 1. The van der Waals surface area contributed by atoms with Gasteiger partial charge in [0.15, 0.2) is 5.82 Å². The van der Waals surface area contributed by atoms with Crippen LogP contribution in [0.4, 0.5) is 4.39 Å². The van der Waals surface area contributed by atoms with Crippen molar-refractivity contribution in [1.82, 2.24) is 24.8 Å². The molecular weight excluding hydrogens is 317 g/mol. The van der Waals surface area contributed by atoms with Crippen LogP contribution in [0.25, 0.3) is 11.5 Å². The first-order chi connectivity index (χ1) is 12.2. The van der Waals surface area contributed by atoms with Gasteiger partial charge in [-0.2, -0.15) is 0 Å². The predicted octanol–water partition coefficient (Wildman–Crippen LogP) is 3.65. The molecule has 3 heterocycles. The first kappa shape index (κ1) is 15.9. The molecule has 0 aliphatic carbocycles. The third-order valence-corrected chi connectivity index (χ3v) is 4.60. The van der Waals surface area contributed by atoms with Crippen LogP contribution < -0.4 is 0 Å². The minimum Gasteiger partial charge on any atom is -0.343 e. The summed E-state index contributed by atoms with van der Waals surface area (Å²) >= 11 is 0. The van der Waals surface area contributed by atoms with Crippen LogP contribution >= 0.6 is 0 Å². The SMILES string of the molecule is Cc1nc(-c2ncc[nH]2)cc([C@H]2CCCN2Cc2ccc(F)cc2)n1.